The number of halogens is 3. The van der Waals surface area contributed by atoms with E-state index in [0.717, 1.165) is 10.6 Å². The van der Waals surface area contributed by atoms with E-state index in [1.165, 1.54) is 30.5 Å². The SMILES string of the molecule is O=C(Nc1cccc(F)n1)c1cccn1CC(F)F. The van der Waals surface area contributed by atoms with Gasteiger partial charge in [-0.1, -0.05) is 6.07 Å². The molecule has 0 spiro atoms. The summed E-state index contributed by atoms with van der Waals surface area (Å²) in [5, 5.41) is 2.34. The molecule has 1 N–H and O–H groups in total. The first-order valence-corrected chi connectivity index (χ1v) is 5.43. The molecule has 2 rings (SSSR count). The van der Waals surface area contributed by atoms with Crippen molar-refractivity contribution in [1.82, 2.24) is 9.55 Å². The third kappa shape index (κ3) is 3.34. The van der Waals surface area contributed by atoms with E-state index >= 15 is 0 Å². The summed E-state index contributed by atoms with van der Waals surface area (Å²) >= 11 is 0. The molecule has 0 saturated carbocycles. The summed E-state index contributed by atoms with van der Waals surface area (Å²) in [6.07, 6.45) is -1.19. The summed E-state index contributed by atoms with van der Waals surface area (Å²) in [4.78, 5) is 15.3. The van der Waals surface area contributed by atoms with E-state index in [2.05, 4.69) is 10.3 Å². The van der Waals surface area contributed by atoms with Crippen molar-refractivity contribution in [3.8, 4) is 0 Å². The largest absolute Gasteiger partial charge is 0.338 e. The molecule has 7 heteroatoms. The molecule has 0 bridgehead atoms. The lowest BCUT2D eigenvalue weighted by Gasteiger charge is -2.08. The Bertz CT molecular complexity index is 583. The van der Waals surface area contributed by atoms with Crippen LogP contribution in [0, 0.1) is 5.95 Å². The van der Waals surface area contributed by atoms with Gasteiger partial charge >= 0.3 is 0 Å². The Balaban J connectivity index is 2.14. The van der Waals surface area contributed by atoms with Crippen LogP contribution in [0.2, 0.25) is 0 Å². The number of alkyl halides is 2. The van der Waals surface area contributed by atoms with Gasteiger partial charge in [0.05, 0.1) is 6.54 Å². The second-order valence-electron chi connectivity index (χ2n) is 3.74. The molecule has 2 aromatic rings. The minimum absolute atomic E-state index is 0.0230. The molecular formula is C12H10F3N3O. The molecule has 1 amide bonds. The number of carbonyl (C=O) groups is 1. The van der Waals surface area contributed by atoms with Gasteiger partial charge in [0.1, 0.15) is 11.5 Å². The predicted molar refractivity (Wildman–Crippen MR) is 62.6 cm³/mol. The van der Waals surface area contributed by atoms with Crippen molar-refractivity contribution >= 4 is 11.7 Å². The number of rotatable bonds is 4. The van der Waals surface area contributed by atoms with Gasteiger partial charge in [-0.25, -0.2) is 13.8 Å². The van der Waals surface area contributed by atoms with E-state index in [-0.39, 0.29) is 11.5 Å². The molecular weight excluding hydrogens is 259 g/mol. The van der Waals surface area contributed by atoms with Crippen molar-refractivity contribution in [3.63, 3.8) is 0 Å². The second-order valence-corrected chi connectivity index (χ2v) is 3.74. The minimum Gasteiger partial charge on any atom is -0.338 e. The van der Waals surface area contributed by atoms with Crippen LogP contribution in [-0.4, -0.2) is 21.9 Å². The van der Waals surface area contributed by atoms with Gasteiger partial charge < -0.3 is 9.88 Å². The highest BCUT2D eigenvalue weighted by molar-refractivity contribution is 6.02. The zero-order chi connectivity index (χ0) is 13.8. The smallest absolute Gasteiger partial charge is 0.273 e. The summed E-state index contributed by atoms with van der Waals surface area (Å²) < 4.78 is 38.6. The van der Waals surface area contributed by atoms with E-state index in [1.54, 1.807) is 0 Å². The number of carbonyl (C=O) groups excluding carboxylic acids is 1. The lowest BCUT2D eigenvalue weighted by Crippen LogP contribution is -2.19. The molecule has 0 aliphatic heterocycles. The van der Waals surface area contributed by atoms with Crippen LogP contribution in [0.25, 0.3) is 0 Å². The van der Waals surface area contributed by atoms with Gasteiger partial charge in [-0.2, -0.15) is 4.39 Å². The van der Waals surface area contributed by atoms with Crippen LogP contribution in [0.3, 0.4) is 0 Å². The molecule has 2 heterocycles. The molecule has 0 aromatic carbocycles. The van der Waals surface area contributed by atoms with Crippen molar-refractivity contribution in [2.24, 2.45) is 0 Å². The number of pyridine rings is 1. The van der Waals surface area contributed by atoms with Gasteiger partial charge in [0.2, 0.25) is 5.95 Å². The van der Waals surface area contributed by atoms with E-state index in [1.807, 2.05) is 0 Å². The first-order valence-electron chi connectivity index (χ1n) is 5.43. The maximum absolute atomic E-state index is 12.8. The Kier molecular flexibility index (Phi) is 3.84. The van der Waals surface area contributed by atoms with Crippen LogP contribution in [0.1, 0.15) is 10.5 Å². The Labute approximate surface area is 106 Å². The first-order chi connectivity index (χ1) is 9.06. The quantitative estimate of drug-likeness (QED) is 0.867. The van der Waals surface area contributed by atoms with Gasteiger partial charge in [0.15, 0.2) is 0 Å². The monoisotopic (exact) mass is 269 g/mol. The molecule has 0 aliphatic carbocycles. The highest BCUT2D eigenvalue weighted by atomic mass is 19.3. The normalized spacial score (nSPS) is 10.7. The van der Waals surface area contributed by atoms with E-state index < -0.39 is 24.8 Å². The number of hydrogen-bond acceptors (Lipinski definition) is 2. The van der Waals surface area contributed by atoms with Crippen LogP contribution in [0.5, 0.6) is 0 Å². The van der Waals surface area contributed by atoms with Gasteiger partial charge in [0, 0.05) is 6.20 Å². The standard InChI is InChI=1S/C12H10F3N3O/c13-9(14)7-18-6-2-3-8(18)12(19)17-11-5-1-4-10(15)16-11/h1-6,9H,7H2,(H,16,17,19). The number of amides is 1. The molecule has 0 saturated heterocycles. The van der Waals surface area contributed by atoms with Crippen LogP contribution >= 0.6 is 0 Å². The van der Waals surface area contributed by atoms with Gasteiger partial charge in [0.25, 0.3) is 12.3 Å². The zero-order valence-corrected chi connectivity index (χ0v) is 9.69. The summed E-state index contributed by atoms with van der Waals surface area (Å²) in [6, 6.07) is 6.81. The summed E-state index contributed by atoms with van der Waals surface area (Å²) in [7, 11) is 0. The molecule has 0 atom stereocenters. The highest BCUT2D eigenvalue weighted by Gasteiger charge is 2.14. The summed E-state index contributed by atoms with van der Waals surface area (Å²) in [5.74, 6) is -1.33. The lowest BCUT2D eigenvalue weighted by molar-refractivity contribution is 0.0997. The molecule has 4 nitrogen and oxygen atoms in total. The molecule has 100 valence electrons. The zero-order valence-electron chi connectivity index (χ0n) is 9.69. The van der Waals surface area contributed by atoms with Gasteiger partial charge in [-0.3, -0.25) is 4.79 Å². The van der Waals surface area contributed by atoms with E-state index in [0.29, 0.717) is 0 Å². The number of anilines is 1. The topological polar surface area (TPSA) is 46.9 Å². The Morgan fingerprint density at radius 3 is 2.79 bits per heavy atom. The third-order valence-corrected chi connectivity index (χ3v) is 2.35. The van der Waals surface area contributed by atoms with Crippen LogP contribution in [0.4, 0.5) is 19.0 Å². The van der Waals surface area contributed by atoms with E-state index in [9.17, 15) is 18.0 Å². The molecule has 0 aliphatic rings. The maximum atomic E-state index is 12.8. The van der Waals surface area contributed by atoms with Gasteiger partial charge in [-0.15, -0.1) is 0 Å². The lowest BCUT2D eigenvalue weighted by atomic mass is 10.3. The third-order valence-electron chi connectivity index (χ3n) is 2.35. The summed E-state index contributed by atoms with van der Waals surface area (Å²) in [6.45, 7) is -0.577. The molecule has 0 unspecified atom stereocenters. The number of nitrogens with one attached hydrogen (secondary N) is 1. The highest BCUT2D eigenvalue weighted by Crippen LogP contribution is 2.10. The molecule has 19 heavy (non-hydrogen) atoms. The molecule has 0 fully saturated rings. The van der Waals surface area contributed by atoms with Crippen molar-refractivity contribution < 1.29 is 18.0 Å². The number of hydrogen-bond donors (Lipinski definition) is 1. The Morgan fingerprint density at radius 2 is 2.11 bits per heavy atom. The minimum atomic E-state index is -2.56. The van der Waals surface area contributed by atoms with E-state index in [4.69, 9.17) is 0 Å². The Morgan fingerprint density at radius 1 is 1.32 bits per heavy atom. The predicted octanol–water partition coefficient (Wildman–Crippen LogP) is 2.54. The Hall–Kier alpha value is -2.31. The van der Waals surface area contributed by atoms with Crippen molar-refractivity contribution in [2.45, 2.75) is 13.0 Å². The van der Waals surface area contributed by atoms with Crippen LogP contribution in [-0.2, 0) is 6.54 Å². The fraction of sp³-hybridized carbons (Fsp3) is 0.167. The summed E-state index contributed by atoms with van der Waals surface area (Å²) in [5.41, 5.74) is 0.0614. The first kappa shape index (κ1) is 13.1. The van der Waals surface area contributed by atoms with Crippen molar-refractivity contribution in [1.29, 1.82) is 0 Å². The maximum Gasteiger partial charge on any atom is 0.273 e. The van der Waals surface area contributed by atoms with Crippen LogP contribution in [0.15, 0.2) is 36.5 Å². The average molecular weight is 269 g/mol. The molecule has 2 aromatic heterocycles. The number of aromatic nitrogens is 2. The fourth-order valence-electron chi connectivity index (χ4n) is 1.59. The van der Waals surface area contributed by atoms with Crippen LogP contribution < -0.4 is 5.32 Å². The second kappa shape index (κ2) is 5.55. The number of nitrogens with zero attached hydrogens (tertiary/aromatic N) is 2. The van der Waals surface area contributed by atoms with Gasteiger partial charge in [-0.05, 0) is 24.3 Å². The molecule has 0 radical (unpaired) electrons. The fourth-order valence-corrected chi connectivity index (χ4v) is 1.59. The van der Waals surface area contributed by atoms with Crippen molar-refractivity contribution in [2.75, 3.05) is 5.32 Å². The van der Waals surface area contributed by atoms with Crippen molar-refractivity contribution in [3.05, 3.63) is 48.2 Å². The average Bonchev–Trinajstić information content (AvgIpc) is 2.76.